The molecule has 3 aliphatic carbocycles. The molecular weight excluding hydrogens is 212 g/mol. The van der Waals surface area contributed by atoms with Crippen LogP contribution in [0.1, 0.15) is 38.5 Å². The van der Waals surface area contributed by atoms with Gasteiger partial charge in [-0.15, -0.1) is 0 Å². The zero-order chi connectivity index (χ0) is 11.4. The van der Waals surface area contributed by atoms with Crippen molar-refractivity contribution in [2.24, 2.45) is 23.7 Å². The first-order chi connectivity index (χ1) is 8.34. The summed E-state index contributed by atoms with van der Waals surface area (Å²) in [6.07, 6.45) is 7.78. The van der Waals surface area contributed by atoms with Crippen LogP contribution in [0.15, 0.2) is 0 Å². The van der Waals surface area contributed by atoms with E-state index in [2.05, 4.69) is 10.6 Å². The third kappa shape index (κ3) is 1.55. The largest absolute Gasteiger partial charge is 0.351 e. The molecule has 0 aromatic carbocycles. The number of rotatable bonds is 2. The molecule has 94 valence electrons. The highest BCUT2D eigenvalue weighted by Gasteiger charge is 2.65. The Bertz CT molecular complexity index is 321. The molecule has 5 atom stereocenters. The van der Waals surface area contributed by atoms with Crippen molar-refractivity contribution in [2.75, 3.05) is 6.54 Å². The van der Waals surface area contributed by atoms with Crippen LogP contribution in [-0.4, -0.2) is 24.5 Å². The molecule has 1 saturated heterocycles. The Hall–Kier alpha value is -0.570. The average Bonchev–Trinajstić information content (AvgIpc) is 2.76. The van der Waals surface area contributed by atoms with E-state index < -0.39 is 0 Å². The molecule has 17 heavy (non-hydrogen) atoms. The van der Waals surface area contributed by atoms with Gasteiger partial charge in [0.05, 0.1) is 6.04 Å². The summed E-state index contributed by atoms with van der Waals surface area (Å²) in [7, 11) is 0. The number of fused-ring (bicyclic) bond motifs is 5. The number of hydrogen-bond acceptors (Lipinski definition) is 2. The van der Waals surface area contributed by atoms with E-state index in [1.165, 1.54) is 32.1 Å². The number of piperidine rings is 1. The highest BCUT2D eigenvalue weighted by molar-refractivity contribution is 5.82. The minimum atomic E-state index is 0.0997. The Kier molecular flexibility index (Phi) is 2.26. The lowest BCUT2D eigenvalue weighted by atomic mass is 10.0. The van der Waals surface area contributed by atoms with Crippen molar-refractivity contribution in [2.45, 2.75) is 50.6 Å². The summed E-state index contributed by atoms with van der Waals surface area (Å²) < 4.78 is 0. The molecule has 1 heterocycles. The molecule has 4 rings (SSSR count). The van der Waals surface area contributed by atoms with Gasteiger partial charge in [0, 0.05) is 6.04 Å². The van der Waals surface area contributed by atoms with E-state index in [1.807, 2.05) is 0 Å². The Morgan fingerprint density at radius 3 is 2.47 bits per heavy atom. The molecular formula is C14H22N2O. The van der Waals surface area contributed by atoms with Crippen LogP contribution in [0.5, 0.6) is 0 Å². The number of carbonyl (C=O) groups is 1. The molecule has 2 bridgehead atoms. The van der Waals surface area contributed by atoms with Crippen molar-refractivity contribution in [3.05, 3.63) is 0 Å². The highest BCUT2D eigenvalue weighted by atomic mass is 16.2. The van der Waals surface area contributed by atoms with Gasteiger partial charge in [-0.25, -0.2) is 0 Å². The summed E-state index contributed by atoms with van der Waals surface area (Å²) in [5.41, 5.74) is 0. The van der Waals surface area contributed by atoms with E-state index in [0.717, 1.165) is 36.6 Å². The minimum absolute atomic E-state index is 0.0997. The first kappa shape index (κ1) is 10.4. The minimum Gasteiger partial charge on any atom is -0.351 e. The summed E-state index contributed by atoms with van der Waals surface area (Å²) in [5, 5.41) is 6.67. The molecule has 1 aliphatic heterocycles. The van der Waals surface area contributed by atoms with Crippen molar-refractivity contribution >= 4 is 5.91 Å². The lowest BCUT2D eigenvalue weighted by molar-refractivity contribution is -0.124. The maximum Gasteiger partial charge on any atom is 0.237 e. The molecule has 1 amide bonds. The fraction of sp³-hybridized carbons (Fsp3) is 0.929. The van der Waals surface area contributed by atoms with Gasteiger partial charge in [-0.1, -0.05) is 6.42 Å². The van der Waals surface area contributed by atoms with Crippen molar-refractivity contribution in [1.82, 2.24) is 10.6 Å². The number of carbonyl (C=O) groups excluding carboxylic acids is 1. The summed E-state index contributed by atoms with van der Waals surface area (Å²) in [6.45, 7) is 1.01. The zero-order valence-corrected chi connectivity index (χ0v) is 10.3. The van der Waals surface area contributed by atoms with Crippen LogP contribution >= 0.6 is 0 Å². The lowest BCUT2D eigenvalue weighted by Crippen LogP contribution is -2.48. The summed E-state index contributed by atoms with van der Waals surface area (Å²) in [5.74, 6) is 3.91. The van der Waals surface area contributed by atoms with Gasteiger partial charge in [-0.2, -0.15) is 0 Å². The van der Waals surface area contributed by atoms with Gasteiger partial charge in [0.25, 0.3) is 0 Å². The molecule has 3 saturated carbocycles. The third-order valence-corrected chi connectivity index (χ3v) is 5.67. The summed E-state index contributed by atoms with van der Waals surface area (Å²) >= 11 is 0. The molecule has 0 radical (unpaired) electrons. The molecule has 0 spiro atoms. The van der Waals surface area contributed by atoms with Crippen LogP contribution in [0.3, 0.4) is 0 Å². The van der Waals surface area contributed by atoms with Crippen molar-refractivity contribution < 1.29 is 4.79 Å². The second kappa shape index (κ2) is 3.71. The number of nitrogens with one attached hydrogen (secondary N) is 2. The second-order valence-corrected chi connectivity index (χ2v) is 6.52. The summed E-state index contributed by atoms with van der Waals surface area (Å²) in [4.78, 5) is 12.1. The van der Waals surface area contributed by atoms with Crippen LogP contribution in [0, 0.1) is 23.7 Å². The Balaban J connectivity index is 1.35. The number of amides is 1. The van der Waals surface area contributed by atoms with Crippen LogP contribution in [0.2, 0.25) is 0 Å². The average molecular weight is 234 g/mol. The molecule has 0 aromatic rings. The Labute approximate surface area is 103 Å². The monoisotopic (exact) mass is 234 g/mol. The fourth-order valence-corrected chi connectivity index (χ4v) is 4.86. The topological polar surface area (TPSA) is 41.1 Å². The fourth-order valence-electron chi connectivity index (χ4n) is 4.86. The maximum absolute atomic E-state index is 12.1. The second-order valence-electron chi connectivity index (χ2n) is 6.52. The number of hydrogen-bond donors (Lipinski definition) is 2. The van der Waals surface area contributed by atoms with Gasteiger partial charge >= 0.3 is 0 Å². The lowest BCUT2D eigenvalue weighted by Gasteiger charge is -2.23. The van der Waals surface area contributed by atoms with Gasteiger partial charge in [0.1, 0.15) is 0 Å². The molecule has 4 fully saturated rings. The molecule has 4 aliphatic rings. The van der Waals surface area contributed by atoms with Crippen molar-refractivity contribution in [1.29, 1.82) is 0 Å². The smallest absolute Gasteiger partial charge is 0.237 e. The van der Waals surface area contributed by atoms with Crippen molar-refractivity contribution in [3.8, 4) is 0 Å². The first-order valence-electron chi connectivity index (χ1n) is 7.38. The summed E-state index contributed by atoms with van der Waals surface area (Å²) in [6, 6.07) is 0.653. The van der Waals surface area contributed by atoms with E-state index in [4.69, 9.17) is 0 Å². The van der Waals surface area contributed by atoms with E-state index >= 15 is 0 Å². The maximum atomic E-state index is 12.1. The van der Waals surface area contributed by atoms with Gasteiger partial charge in [0.15, 0.2) is 0 Å². The standard InChI is InChI=1S/C14H22N2O/c17-14(10-3-1-2-6-15-10)16-13-11-8-4-5-9(7-8)12(11)13/h8-13,15H,1-7H2,(H,16,17)/t8?,9?,10-,11?,12?,13?/m1/s1. The Morgan fingerprint density at radius 2 is 1.82 bits per heavy atom. The van der Waals surface area contributed by atoms with Gasteiger partial charge < -0.3 is 10.6 Å². The van der Waals surface area contributed by atoms with Crippen LogP contribution in [0.4, 0.5) is 0 Å². The van der Waals surface area contributed by atoms with E-state index in [-0.39, 0.29) is 11.9 Å². The predicted octanol–water partition coefficient (Wildman–Crippen LogP) is 1.29. The SMILES string of the molecule is O=C(NC1C2C3CCC(C3)C12)[C@H]1CCCCN1. The molecule has 4 unspecified atom stereocenters. The third-order valence-electron chi connectivity index (χ3n) is 5.67. The van der Waals surface area contributed by atoms with Crippen LogP contribution in [0.25, 0.3) is 0 Å². The van der Waals surface area contributed by atoms with Gasteiger partial charge in [-0.05, 0) is 62.3 Å². The van der Waals surface area contributed by atoms with E-state index in [9.17, 15) is 4.79 Å². The normalized spacial score (nSPS) is 51.1. The molecule has 0 aromatic heterocycles. The van der Waals surface area contributed by atoms with E-state index in [0.29, 0.717) is 6.04 Å². The van der Waals surface area contributed by atoms with Gasteiger partial charge in [-0.3, -0.25) is 4.79 Å². The molecule has 3 nitrogen and oxygen atoms in total. The zero-order valence-electron chi connectivity index (χ0n) is 10.3. The quantitative estimate of drug-likeness (QED) is 0.756. The van der Waals surface area contributed by atoms with Crippen LogP contribution < -0.4 is 10.6 Å². The van der Waals surface area contributed by atoms with Crippen molar-refractivity contribution in [3.63, 3.8) is 0 Å². The first-order valence-corrected chi connectivity index (χ1v) is 7.38. The predicted molar refractivity (Wildman–Crippen MR) is 65.4 cm³/mol. The van der Waals surface area contributed by atoms with Gasteiger partial charge in [0.2, 0.25) is 5.91 Å². The highest BCUT2D eigenvalue weighted by Crippen LogP contribution is 2.65. The Morgan fingerprint density at radius 1 is 1.06 bits per heavy atom. The molecule has 3 heteroatoms. The van der Waals surface area contributed by atoms with Crippen LogP contribution in [-0.2, 0) is 4.79 Å². The van der Waals surface area contributed by atoms with E-state index in [1.54, 1.807) is 0 Å². The molecule has 2 N–H and O–H groups in total.